The van der Waals surface area contributed by atoms with Crippen molar-refractivity contribution in [1.82, 2.24) is 10.2 Å². The molecule has 18 heavy (non-hydrogen) atoms. The molecule has 1 rings (SSSR count). The van der Waals surface area contributed by atoms with Gasteiger partial charge in [0.2, 0.25) is 5.91 Å². The van der Waals surface area contributed by atoms with Crippen LogP contribution < -0.4 is 5.32 Å². The molecule has 0 aliphatic carbocycles. The van der Waals surface area contributed by atoms with Gasteiger partial charge in [-0.15, -0.1) is 0 Å². The Labute approximate surface area is 109 Å². The zero-order valence-electron chi connectivity index (χ0n) is 11.5. The first-order valence-corrected chi connectivity index (χ1v) is 6.62. The third kappa shape index (κ3) is 3.98. The summed E-state index contributed by atoms with van der Waals surface area (Å²) in [5.41, 5.74) is -0.713. The van der Waals surface area contributed by atoms with Gasteiger partial charge in [0, 0.05) is 12.6 Å². The van der Waals surface area contributed by atoms with Crippen molar-refractivity contribution >= 4 is 11.9 Å². The maximum absolute atomic E-state index is 11.8. The highest BCUT2D eigenvalue weighted by Crippen LogP contribution is 2.29. The molecule has 5 heteroatoms. The van der Waals surface area contributed by atoms with Crippen molar-refractivity contribution in [2.75, 3.05) is 19.6 Å². The van der Waals surface area contributed by atoms with Crippen molar-refractivity contribution in [2.24, 2.45) is 5.41 Å². The van der Waals surface area contributed by atoms with E-state index >= 15 is 0 Å². The van der Waals surface area contributed by atoms with Crippen molar-refractivity contribution in [3.8, 4) is 0 Å². The van der Waals surface area contributed by atoms with Crippen LogP contribution in [0.5, 0.6) is 0 Å². The van der Waals surface area contributed by atoms with Crippen molar-refractivity contribution in [3.63, 3.8) is 0 Å². The second-order valence-corrected chi connectivity index (χ2v) is 5.56. The normalized spacial score (nSPS) is 26.6. The summed E-state index contributed by atoms with van der Waals surface area (Å²) in [6.45, 7) is 7.30. The highest BCUT2D eigenvalue weighted by molar-refractivity contribution is 5.79. The Kier molecular flexibility index (Phi) is 5.14. The summed E-state index contributed by atoms with van der Waals surface area (Å²) in [6.07, 6.45) is 2.42. The SMILES string of the molecule is CCC(C)NC(=O)CN1CCCC(C)(C(=O)O)C1. The average molecular weight is 256 g/mol. The Morgan fingerprint density at radius 1 is 1.50 bits per heavy atom. The van der Waals surface area contributed by atoms with Gasteiger partial charge < -0.3 is 10.4 Å². The van der Waals surface area contributed by atoms with Gasteiger partial charge in [0.25, 0.3) is 0 Å². The van der Waals surface area contributed by atoms with Gasteiger partial charge in [0.15, 0.2) is 0 Å². The molecular weight excluding hydrogens is 232 g/mol. The van der Waals surface area contributed by atoms with E-state index in [0.29, 0.717) is 19.5 Å². The predicted octanol–water partition coefficient (Wildman–Crippen LogP) is 1.09. The second-order valence-electron chi connectivity index (χ2n) is 5.56. The molecule has 0 aromatic heterocycles. The largest absolute Gasteiger partial charge is 0.481 e. The van der Waals surface area contributed by atoms with Crippen molar-refractivity contribution in [2.45, 2.75) is 46.1 Å². The topological polar surface area (TPSA) is 69.6 Å². The molecule has 1 aliphatic heterocycles. The summed E-state index contributed by atoms with van der Waals surface area (Å²) >= 11 is 0. The van der Waals surface area contributed by atoms with Gasteiger partial charge in [0.1, 0.15) is 0 Å². The van der Waals surface area contributed by atoms with E-state index in [4.69, 9.17) is 0 Å². The number of amides is 1. The molecule has 0 spiro atoms. The van der Waals surface area contributed by atoms with Crippen LogP contribution in [0.3, 0.4) is 0 Å². The Balaban J connectivity index is 2.48. The second kappa shape index (κ2) is 6.18. The van der Waals surface area contributed by atoms with Gasteiger partial charge in [-0.25, -0.2) is 0 Å². The van der Waals surface area contributed by atoms with Crippen molar-refractivity contribution in [3.05, 3.63) is 0 Å². The summed E-state index contributed by atoms with van der Waals surface area (Å²) in [5, 5.41) is 12.1. The number of carbonyl (C=O) groups excluding carboxylic acids is 1. The van der Waals surface area contributed by atoms with Crippen LogP contribution in [0, 0.1) is 5.41 Å². The smallest absolute Gasteiger partial charge is 0.310 e. The highest BCUT2D eigenvalue weighted by Gasteiger charge is 2.38. The minimum Gasteiger partial charge on any atom is -0.481 e. The van der Waals surface area contributed by atoms with Crippen LogP contribution in [0.15, 0.2) is 0 Å². The first-order valence-electron chi connectivity index (χ1n) is 6.62. The average Bonchev–Trinajstić information content (AvgIpc) is 2.28. The number of rotatable bonds is 5. The van der Waals surface area contributed by atoms with E-state index in [0.717, 1.165) is 19.4 Å². The number of aliphatic carboxylic acids is 1. The lowest BCUT2D eigenvalue weighted by Gasteiger charge is -2.37. The monoisotopic (exact) mass is 256 g/mol. The molecule has 2 unspecified atom stereocenters. The predicted molar refractivity (Wildman–Crippen MR) is 69.3 cm³/mol. The van der Waals surface area contributed by atoms with Gasteiger partial charge in [-0.3, -0.25) is 14.5 Å². The lowest BCUT2D eigenvalue weighted by Crippen LogP contribution is -2.49. The molecule has 1 amide bonds. The number of piperidine rings is 1. The Morgan fingerprint density at radius 3 is 2.72 bits per heavy atom. The van der Waals surface area contributed by atoms with Crippen LogP contribution >= 0.6 is 0 Å². The quantitative estimate of drug-likeness (QED) is 0.772. The highest BCUT2D eigenvalue weighted by atomic mass is 16.4. The van der Waals surface area contributed by atoms with Gasteiger partial charge in [-0.1, -0.05) is 6.92 Å². The molecule has 0 aromatic carbocycles. The minimum absolute atomic E-state index is 0.0148. The molecule has 104 valence electrons. The lowest BCUT2D eigenvalue weighted by atomic mass is 9.82. The first-order chi connectivity index (χ1) is 8.37. The fourth-order valence-corrected chi connectivity index (χ4v) is 2.28. The maximum atomic E-state index is 11.8. The third-order valence-corrected chi connectivity index (χ3v) is 3.68. The van der Waals surface area contributed by atoms with E-state index < -0.39 is 11.4 Å². The number of carbonyl (C=O) groups is 2. The van der Waals surface area contributed by atoms with Crippen LogP contribution in [0.1, 0.15) is 40.0 Å². The molecule has 1 aliphatic rings. The molecule has 2 atom stereocenters. The molecule has 0 saturated carbocycles. The summed E-state index contributed by atoms with van der Waals surface area (Å²) in [4.78, 5) is 24.9. The number of carboxylic acid groups (broad SMARTS) is 1. The number of carboxylic acids is 1. The van der Waals surface area contributed by atoms with Gasteiger partial charge in [-0.05, 0) is 39.7 Å². The van der Waals surface area contributed by atoms with Crippen LogP contribution in [0.4, 0.5) is 0 Å². The van der Waals surface area contributed by atoms with Crippen LogP contribution in [-0.4, -0.2) is 47.6 Å². The maximum Gasteiger partial charge on any atom is 0.310 e. The van der Waals surface area contributed by atoms with Crippen molar-refractivity contribution < 1.29 is 14.7 Å². The Hall–Kier alpha value is -1.10. The fourth-order valence-electron chi connectivity index (χ4n) is 2.28. The zero-order chi connectivity index (χ0) is 13.8. The summed E-state index contributed by atoms with van der Waals surface area (Å²) in [7, 11) is 0. The van der Waals surface area contributed by atoms with E-state index in [1.54, 1.807) is 6.92 Å². The van der Waals surface area contributed by atoms with Crippen LogP contribution in [0.2, 0.25) is 0 Å². The molecule has 0 bridgehead atoms. The lowest BCUT2D eigenvalue weighted by molar-refractivity contribution is -0.151. The van der Waals surface area contributed by atoms with Gasteiger partial charge in [0.05, 0.1) is 12.0 Å². The number of nitrogens with zero attached hydrogens (tertiary/aromatic N) is 1. The van der Waals surface area contributed by atoms with Gasteiger partial charge in [-0.2, -0.15) is 0 Å². The zero-order valence-corrected chi connectivity index (χ0v) is 11.5. The number of nitrogens with one attached hydrogen (secondary N) is 1. The Morgan fingerprint density at radius 2 is 2.17 bits per heavy atom. The molecule has 5 nitrogen and oxygen atoms in total. The molecule has 1 heterocycles. The number of likely N-dealkylation sites (tertiary alicyclic amines) is 1. The fraction of sp³-hybridized carbons (Fsp3) is 0.846. The molecule has 1 fully saturated rings. The molecule has 0 aromatic rings. The minimum atomic E-state index is -0.769. The van der Waals surface area contributed by atoms with Crippen LogP contribution in [-0.2, 0) is 9.59 Å². The first kappa shape index (κ1) is 15.0. The molecular formula is C13H24N2O3. The molecule has 1 saturated heterocycles. The molecule has 2 N–H and O–H groups in total. The van der Waals surface area contributed by atoms with Crippen molar-refractivity contribution in [1.29, 1.82) is 0 Å². The van der Waals surface area contributed by atoms with Crippen LogP contribution in [0.25, 0.3) is 0 Å². The van der Waals surface area contributed by atoms with E-state index in [1.165, 1.54) is 0 Å². The van der Waals surface area contributed by atoms with Gasteiger partial charge >= 0.3 is 5.97 Å². The van der Waals surface area contributed by atoms with E-state index in [9.17, 15) is 14.7 Å². The summed E-state index contributed by atoms with van der Waals surface area (Å²) in [6, 6.07) is 0.174. The van der Waals surface area contributed by atoms with E-state index in [-0.39, 0.29) is 11.9 Å². The number of hydrogen-bond donors (Lipinski definition) is 2. The Bertz CT molecular complexity index is 319. The van der Waals surface area contributed by atoms with E-state index in [1.807, 2.05) is 18.7 Å². The number of hydrogen-bond acceptors (Lipinski definition) is 3. The summed E-state index contributed by atoms with van der Waals surface area (Å²) in [5.74, 6) is -0.784. The molecule has 0 radical (unpaired) electrons. The third-order valence-electron chi connectivity index (χ3n) is 3.68. The summed E-state index contributed by atoms with van der Waals surface area (Å²) < 4.78 is 0. The van der Waals surface area contributed by atoms with E-state index in [2.05, 4.69) is 5.32 Å². The standard InChI is InChI=1S/C13H24N2O3/c1-4-10(2)14-11(16)8-15-7-5-6-13(3,9-15)12(17)18/h10H,4-9H2,1-3H3,(H,14,16)(H,17,18).